The number of halogens is 1. The quantitative estimate of drug-likeness (QED) is 0.849. The Kier molecular flexibility index (Phi) is 3.64. The van der Waals surface area contributed by atoms with Crippen LogP contribution in [-0.4, -0.2) is 14.8 Å². The normalized spacial score (nSPS) is 10.5. The van der Waals surface area contributed by atoms with Crippen LogP contribution in [0.4, 0.5) is 5.69 Å². The second-order valence-corrected chi connectivity index (χ2v) is 4.18. The Morgan fingerprint density at radius 2 is 2.29 bits per heavy atom. The zero-order valence-corrected chi connectivity index (χ0v) is 10.7. The van der Waals surface area contributed by atoms with Gasteiger partial charge in [0.25, 0.3) is 0 Å². The van der Waals surface area contributed by atoms with E-state index in [0.29, 0.717) is 5.15 Å². The Morgan fingerprint density at radius 1 is 1.47 bits per heavy atom. The largest absolute Gasteiger partial charge is 0.378 e. The maximum Gasteiger partial charge on any atom is 0.132 e. The fourth-order valence-corrected chi connectivity index (χ4v) is 1.75. The van der Waals surface area contributed by atoms with Crippen LogP contribution in [0.2, 0.25) is 5.15 Å². The van der Waals surface area contributed by atoms with Crippen molar-refractivity contribution in [2.24, 2.45) is 0 Å². The van der Waals surface area contributed by atoms with Gasteiger partial charge in [-0.15, -0.1) is 0 Å². The summed E-state index contributed by atoms with van der Waals surface area (Å²) in [6.45, 7) is 5.62. The lowest BCUT2D eigenvalue weighted by atomic mass is 10.3. The predicted octanol–water partition coefficient (Wildman–Crippen LogP) is 2.87. The van der Waals surface area contributed by atoms with Gasteiger partial charge in [-0.3, -0.25) is 4.68 Å². The summed E-state index contributed by atoms with van der Waals surface area (Å²) in [5.41, 5.74) is 3.09. The number of hydrogen-bond donors (Lipinski definition) is 1. The Bertz CT molecular complexity index is 507. The average Bonchev–Trinajstić information content (AvgIpc) is 2.78. The number of nitrogens with zero attached hydrogens (tertiary/aromatic N) is 3. The van der Waals surface area contributed by atoms with Gasteiger partial charge < -0.3 is 5.32 Å². The molecule has 0 aliphatic carbocycles. The number of anilines is 1. The molecule has 0 aromatic carbocycles. The van der Waals surface area contributed by atoms with E-state index in [9.17, 15) is 0 Å². The first kappa shape index (κ1) is 11.9. The second kappa shape index (κ2) is 5.19. The highest BCUT2D eigenvalue weighted by Gasteiger charge is 2.02. The van der Waals surface area contributed by atoms with Crippen molar-refractivity contribution in [3.8, 4) is 0 Å². The third kappa shape index (κ3) is 2.77. The molecule has 0 saturated heterocycles. The summed E-state index contributed by atoms with van der Waals surface area (Å²) in [4.78, 5) is 4.10. The van der Waals surface area contributed by atoms with Crippen molar-refractivity contribution in [2.75, 3.05) is 5.32 Å². The molecule has 5 heteroatoms. The molecule has 0 aliphatic rings. The van der Waals surface area contributed by atoms with Crippen molar-refractivity contribution in [2.45, 2.75) is 26.9 Å². The molecule has 0 amide bonds. The van der Waals surface area contributed by atoms with Gasteiger partial charge >= 0.3 is 0 Å². The molecular weight excluding hydrogens is 236 g/mol. The highest BCUT2D eigenvalue weighted by atomic mass is 35.5. The molecule has 0 bridgehead atoms. The van der Waals surface area contributed by atoms with Crippen molar-refractivity contribution >= 4 is 17.3 Å². The summed E-state index contributed by atoms with van der Waals surface area (Å²) in [5.74, 6) is 0. The standard InChI is InChI=1S/C12H15ClN4/c1-3-17-11(4-5-16-17)8-14-10-6-9(2)12(13)15-7-10/h4-7,14H,3,8H2,1-2H3. The van der Waals surface area contributed by atoms with E-state index in [2.05, 4.69) is 22.3 Å². The molecule has 0 unspecified atom stereocenters. The second-order valence-electron chi connectivity index (χ2n) is 3.82. The van der Waals surface area contributed by atoms with E-state index in [4.69, 9.17) is 11.6 Å². The van der Waals surface area contributed by atoms with Gasteiger partial charge in [0.2, 0.25) is 0 Å². The lowest BCUT2D eigenvalue weighted by Crippen LogP contribution is -2.08. The number of rotatable bonds is 4. The number of nitrogens with one attached hydrogen (secondary N) is 1. The lowest BCUT2D eigenvalue weighted by Gasteiger charge is -2.08. The molecule has 0 radical (unpaired) electrons. The summed E-state index contributed by atoms with van der Waals surface area (Å²) in [7, 11) is 0. The van der Waals surface area contributed by atoms with Crippen LogP contribution in [-0.2, 0) is 13.1 Å². The van der Waals surface area contributed by atoms with Gasteiger partial charge in [-0.1, -0.05) is 11.6 Å². The molecular formula is C12H15ClN4. The van der Waals surface area contributed by atoms with Crippen molar-refractivity contribution in [1.82, 2.24) is 14.8 Å². The molecule has 0 atom stereocenters. The molecule has 17 heavy (non-hydrogen) atoms. The van der Waals surface area contributed by atoms with Gasteiger partial charge in [0.1, 0.15) is 5.15 Å². The first-order chi connectivity index (χ1) is 8.20. The zero-order valence-electron chi connectivity index (χ0n) is 9.94. The Labute approximate surface area is 106 Å². The first-order valence-electron chi connectivity index (χ1n) is 5.57. The van der Waals surface area contributed by atoms with E-state index in [1.807, 2.05) is 29.9 Å². The maximum atomic E-state index is 5.88. The lowest BCUT2D eigenvalue weighted by molar-refractivity contribution is 0.627. The Hall–Kier alpha value is -1.55. The summed E-state index contributed by atoms with van der Waals surface area (Å²) < 4.78 is 1.96. The molecule has 2 aromatic rings. The van der Waals surface area contributed by atoms with Crippen LogP contribution < -0.4 is 5.32 Å². The Balaban J connectivity index is 2.05. The van der Waals surface area contributed by atoms with Crippen LogP contribution in [0.25, 0.3) is 0 Å². The van der Waals surface area contributed by atoms with Gasteiger partial charge in [-0.2, -0.15) is 5.10 Å². The molecule has 2 rings (SSSR count). The van der Waals surface area contributed by atoms with E-state index in [0.717, 1.165) is 30.0 Å². The van der Waals surface area contributed by atoms with Crippen molar-refractivity contribution in [3.63, 3.8) is 0 Å². The zero-order chi connectivity index (χ0) is 12.3. The highest BCUT2D eigenvalue weighted by molar-refractivity contribution is 6.30. The van der Waals surface area contributed by atoms with Gasteiger partial charge in [0.15, 0.2) is 0 Å². The maximum absolute atomic E-state index is 5.88. The van der Waals surface area contributed by atoms with Crippen molar-refractivity contribution in [1.29, 1.82) is 0 Å². The third-order valence-electron chi connectivity index (χ3n) is 2.59. The summed E-state index contributed by atoms with van der Waals surface area (Å²) in [5, 5.41) is 8.08. The fourth-order valence-electron chi connectivity index (χ4n) is 1.64. The SMILES string of the molecule is CCn1nccc1CNc1cnc(Cl)c(C)c1. The Morgan fingerprint density at radius 3 is 3.00 bits per heavy atom. The highest BCUT2D eigenvalue weighted by Crippen LogP contribution is 2.16. The molecule has 2 heterocycles. The van der Waals surface area contributed by atoms with Gasteiger partial charge in [0, 0.05) is 12.7 Å². The number of hydrogen-bond acceptors (Lipinski definition) is 3. The van der Waals surface area contributed by atoms with E-state index in [-0.39, 0.29) is 0 Å². The van der Waals surface area contributed by atoms with E-state index >= 15 is 0 Å². The van der Waals surface area contributed by atoms with Gasteiger partial charge in [0.05, 0.1) is 24.1 Å². The monoisotopic (exact) mass is 250 g/mol. The molecule has 0 aliphatic heterocycles. The minimum Gasteiger partial charge on any atom is -0.378 e. The molecule has 90 valence electrons. The van der Waals surface area contributed by atoms with Crippen LogP contribution in [0.15, 0.2) is 24.5 Å². The first-order valence-corrected chi connectivity index (χ1v) is 5.95. The molecule has 4 nitrogen and oxygen atoms in total. The van der Waals surface area contributed by atoms with Crippen molar-refractivity contribution < 1.29 is 0 Å². The van der Waals surface area contributed by atoms with E-state index in [1.54, 1.807) is 6.20 Å². The van der Waals surface area contributed by atoms with Crippen LogP contribution in [0.1, 0.15) is 18.2 Å². The average molecular weight is 251 g/mol. The molecule has 0 fully saturated rings. The van der Waals surface area contributed by atoms with E-state index in [1.165, 1.54) is 0 Å². The van der Waals surface area contributed by atoms with Crippen LogP contribution in [0, 0.1) is 6.92 Å². The third-order valence-corrected chi connectivity index (χ3v) is 2.99. The van der Waals surface area contributed by atoms with Crippen LogP contribution in [0.5, 0.6) is 0 Å². The minimum atomic E-state index is 0.550. The smallest absolute Gasteiger partial charge is 0.132 e. The molecule has 1 N–H and O–H groups in total. The van der Waals surface area contributed by atoms with E-state index < -0.39 is 0 Å². The summed E-state index contributed by atoms with van der Waals surface area (Å²) >= 11 is 5.88. The van der Waals surface area contributed by atoms with Gasteiger partial charge in [-0.25, -0.2) is 4.98 Å². The van der Waals surface area contributed by atoms with Crippen LogP contribution in [0.3, 0.4) is 0 Å². The fraction of sp³-hybridized carbons (Fsp3) is 0.333. The number of pyridine rings is 1. The van der Waals surface area contributed by atoms with Gasteiger partial charge in [-0.05, 0) is 31.5 Å². The van der Waals surface area contributed by atoms with Crippen LogP contribution >= 0.6 is 11.6 Å². The number of aromatic nitrogens is 3. The molecule has 2 aromatic heterocycles. The predicted molar refractivity (Wildman–Crippen MR) is 69.2 cm³/mol. The summed E-state index contributed by atoms with van der Waals surface area (Å²) in [6.07, 6.45) is 3.55. The topological polar surface area (TPSA) is 42.7 Å². The molecule has 0 spiro atoms. The minimum absolute atomic E-state index is 0.550. The molecule has 0 saturated carbocycles. The summed E-state index contributed by atoms with van der Waals surface area (Å²) in [6, 6.07) is 3.99. The van der Waals surface area contributed by atoms with Crippen molar-refractivity contribution in [3.05, 3.63) is 40.9 Å². The number of aryl methyl sites for hydroxylation is 2.